The highest BCUT2D eigenvalue weighted by Crippen LogP contribution is 2.31. The zero-order valence-electron chi connectivity index (χ0n) is 10.3. The van der Waals surface area contributed by atoms with Gasteiger partial charge in [0.1, 0.15) is 11.3 Å². The topological polar surface area (TPSA) is 43.6 Å². The minimum Gasteiger partial charge on any atom is -0.495 e. The molecule has 0 saturated heterocycles. The van der Waals surface area contributed by atoms with Crippen molar-refractivity contribution < 1.29 is 4.74 Å². The lowest BCUT2D eigenvalue weighted by Crippen LogP contribution is -2.08. The van der Waals surface area contributed by atoms with Crippen molar-refractivity contribution in [2.75, 3.05) is 7.11 Å². The zero-order valence-corrected chi connectivity index (χ0v) is 10.3. The largest absolute Gasteiger partial charge is 0.495 e. The highest BCUT2D eigenvalue weighted by atomic mass is 16.5. The highest BCUT2D eigenvalue weighted by Gasteiger charge is 2.15. The molecule has 4 heteroatoms. The standard InChI is InChI=1S/C15H10N2O2/c1-19-11-5-4-9-6-7-16-13-12(9)14(11)17-8-2-3-10(17)15(13)18/h2-8H,1H3. The number of aromatic nitrogens is 2. The van der Waals surface area contributed by atoms with Crippen molar-refractivity contribution in [3.63, 3.8) is 0 Å². The summed E-state index contributed by atoms with van der Waals surface area (Å²) in [7, 11) is 1.63. The highest BCUT2D eigenvalue weighted by molar-refractivity contribution is 6.10. The normalized spacial score (nSPS) is 11.6. The molecule has 0 N–H and O–H groups in total. The molecule has 0 spiro atoms. The summed E-state index contributed by atoms with van der Waals surface area (Å²) in [5.74, 6) is 0.742. The van der Waals surface area contributed by atoms with Gasteiger partial charge in [-0.3, -0.25) is 9.78 Å². The van der Waals surface area contributed by atoms with Crippen LogP contribution in [0.25, 0.3) is 27.3 Å². The second-order valence-electron chi connectivity index (χ2n) is 4.47. The van der Waals surface area contributed by atoms with Crippen LogP contribution in [0.4, 0.5) is 0 Å². The van der Waals surface area contributed by atoms with E-state index in [2.05, 4.69) is 4.98 Å². The summed E-state index contributed by atoms with van der Waals surface area (Å²) in [6.45, 7) is 0. The summed E-state index contributed by atoms with van der Waals surface area (Å²) in [5.41, 5.74) is 1.97. The number of hydrogen-bond acceptors (Lipinski definition) is 3. The van der Waals surface area contributed by atoms with E-state index in [9.17, 15) is 4.79 Å². The van der Waals surface area contributed by atoms with Gasteiger partial charge in [0.15, 0.2) is 0 Å². The Morgan fingerprint density at radius 1 is 1.21 bits per heavy atom. The number of pyridine rings is 2. The summed E-state index contributed by atoms with van der Waals surface area (Å²) >= 11 is 0. The Bertz CT molecular complexity index is 972. The Labute approximate surface area is 108 Å². The van der Waals surface area contributed by atoms with Crippen LogP contribution >= 0.6 is 0 Å². The van der Waals surface area contributed by atoms with Gasteiger partial charge in [0.25, 0.3) is 0 Å². The molecule has 19 heavy (non-hydrogen) atoms. The molecule has 0 aliphatic rings. The van der Waals surface area contributed by atoms with Crippen LogP contribution < -0.4 is 10.2 Å². The molecule has 0 atom stereocenters. The van der Waals surface area contributed by atoms with Gasteiger partial charge in [-0.2, -0.15) is 0 Å². The second kappa shape index (κ2) is 3.45. The second-order valence-corrected chi connectivity index (χ2v) is 4.47. The van der Waals surface area contributed by atoms with Crippen LogP contribution in [0.3, 0.4) is 0 Å². The van der Waals surface area contributed by atoms with Gasteiger partial charge in [0.2, 0.25) is 5.43 Å². The summed E-state index contributed by atoms with van der Waals surface area (Å²) in [5, 5.41) is 1.85. The lowest BCUT2D eigenvalue weighted by molar-refractivity contribution is 0.418. The molecule has 4 aromatic rings. The molecule has 0 aliphatic carbocycles. The lowest BCUT2D eigenvalue weighted by Gasteiger charge is -2.11. The maximum Gasteiger partial charge on any atom is 0.228 e. The van der Waals surface area contributed by atoms with Crippen LogP contribution in [0.15, 0.2) is 47.5 Å². The van der Waals surface area contributed by atoms with E-state index >= 15 is 0 Å². The van der Waals surface area contributed by atoms with Gasteiger partial charge in [-0.15, -0.1) is 0 Å². The van der Waals surface area contributed by atoms with Crippen LogP contribution in [0.1, 0.15) is 0 Å². The molecule has 0 amide bonds. The van der Waals surface area contributed by atoms with Gasteiger partial charge < -0.3 is 9.14 Å². The minimum atomic E-state index is -0.0450. The van der Waals surface area contributed by atoms with Crippen molar-refractivity contribution in [1.82, 2.24) is 9.38 Å². The first-order valence-corrected chi connectivity index (χ1v) is 5.99. The van der Waals surface area contributed by atoms with E-state index in [0.29, 0.717) is 11.0 Å². The molecule has 0 aliphatic heterocycles. The SMILES string of the molecule is COc1ccc2ccnc3c(=O)c4cccn4c1c23. The summed E-state index contributed by atoms with van der Waals surface area (Å²) in [6, 6.07) is 9.44. The maximum absolute atomic E-state index is 12.4. The minimum absolute atomic E-state index is 0.0450. The lowest BCUT2D eigenvalue weighted by atomic mass is 10.1. The molecule has 3 heterocycles. The zero-order chi connectivity index (χ0) is 13.0. The Morgan fingerprint density at radius 2 is 2.11 bits per heavy atom. The monoisotopic (exact) mass is 250 g/mol. The first-order chi connectivity index (χ1) is 9.31. The Hall–Kier alpha value is -2.62. The van der Waals surface area contributed by atoms with E-state index < -0.39 is 0 Å². The van der Waals surface area contributed by atoms with Gasteiger partial charge in [0.05, 0.1) is 18.1 Å². The van der Waals surface area contributed by atoms with Crippen molar-refractivity contribution in [2.24, 2.45) is 0 Å². The van der Waals surface area contributed by atoms with Crippen molar-refractivity contribution in [3.8, 4) is 5.75 Å². The third-order valence-electron chi connectivity index (χ3n) is 3.52. The smallest absolute Gasteiger partial charge is 0.228 e. The summed E-state index contributed by atoms with van der Waals surface area (Å²) < 4.78 is 7.31. The molecule has 0 bridgehead atoms. The van der Waals surface area contributed by atoms with Gasteiger partial charge in [0, 0.05) is 17.8 Å². The number of nitrogens with zero attached hydrogens (tertiary/aromatic N) is 2. The third kappa shape index (κ3) is 1.18. The molecule has 0 radical (unpaired) electrons. The van der Waals surface area contributed by atoms with Crippen LogP contribution in [0, 0.1) is 0 Å². The Morgan fingerprint density at radius 3 is 2.95 bits per heavy atom. The van der Waals surface area contributed by atoms with E-state index in [1.54, 1.807) is 19.4 Å². The van der Waals surface area contributed by atoms with Crippen LogP contribution in [0.2, 0.25) is 0 Å². The molecule has 3 aromatic heterocycles. The Kier molecular flexibility index (Phi) is 1.87. The fraction of sp³-hybridized carbons (Fsp3) is 0.0667. The molecular weight excluding hydrogens is 240 g/mol. The number of benzene rings is 1. The number of methoxy groups -OCH3 is 1. The maximum atomic E-state index is 12.4. The van der Waals surface area contributed by atoms with Gasteiger partial charge in [-0.1, -0.05) is 6.07 Å². The summed E-state index contributed by atoms with van der Waals surface area (Å²) in [6.07, 6.45) is 3.55. The van der Waals surface area contributed by atoms with Gasteiger partial charge >= 0.3 is 0 Å². The average molecular weight is 250 g/mol. The van der Waals surface area contributed by atoms with E-state index in [1.165, 1.54) is 0 Å². The van der Waals surface area contributed by atoms with Gasteiger partial charge in [-0.05, 0) is 29.7 Å². The summed E-state index contributed by atoms with van der Waals surface area (Å²) in [4.78, 5) is 16.7. The fourth-order valence-corrected chi connectivity index (χ4v) is 2.69. The molecule has 4 nitrogen and oxygen atoms in total. The molecule has 4 rings (SSSR count). The first-order valence-electron chi connectivity index (χ1n) is 5.99. The fourth-order valence-electron chi connectivity index (χ4n) is 2.69. The molecule has 1 aromatic carbocycles. The number of fused-ring (bicyclic) bond motifs is 2. The molecular formula is C15H10N2O2. The van der Waals surface area contributed by atoms with E-state index in [4.69, 9.17) is 4.74 Å². The number of ether oxygens (including phenoxy) is 1. The van der Waals surface area contributed by atoms with Crippen LogP contribution in [0.5, 0.6) is 5.75 Å². The Balaban J connectivity index is 2.50. The average Bonchev–Trinajstić information content (AvgIpc) is 2.93. The quantitative estimate of drug-likeness (QED) is 0.521. The predicted octanol–water partition coefficient (Wildman–Crippen LogP) is 2.45. The molecule has 92 valence electrons. The van der Waals surface area contributed by atoms with Crippen molar-refractivity contribution in [2.45, 2.75) is 0 Å². The van der Waals surface area contributed by atoms with E-state index in [1.807, 2.05) is 34.9 Å². The van der Waals surface area contributed by atoms with Crippen molar-refractivity contribution >= 4 is 27.3 Å². The molecule has 0 fully saturated rings. The first kappa shape index (κ1) is 10.3. The van der Waals surface area contributed by atoms with E-state index in [-0.39, 0.29) is 5.43 Å². The molecule has 0 unspecified atom stereocenters. The predicted molar refractivity (Wildman–Crippen MR) is 74.2 cm³/mol. The number of rotatable bonds is 1. The molecule has 0 saturated carbocycles. The third-order valence-corrected chi connectivity index (χ3v) is 3.52. The van der Waals surface area contributed by atoms with Gasteiger partial charge in [-0.25, -0.2) is 0 Å². The van der Waals surface area contributed by atoms with Crippen molar-refractivity contribution in [1.29, 1.82) is 0 Å². The van der Waals surface area contributed by atoms with E-state index in [0.717, 1.165) is 22.0 Å². The van der Waals surface area contributed by atoms with Crippen LogP contribution in [-0.2, 0) is 0 Å². The number of hydrogen-bond donors (Lipinski definition) is 0. The van der Waals surface area contributed by atoms with Crippen LogP contribution in [-0.4, -0.2) is 16.5 Å². The van der Waals surface area contributed by atoms with Crippen molar-refractivity contribution in [3.05, 3.63) is 52.9 Å².